The van der Waals surface area contributed by atoms with Crippen molar-refractivity contribution in [2.75, 3.05) is 0 Å². The number of phenols is 1. The van der Waals surface area contributed by atoms with Crippen LogP contribution in [0.25, 0.3) is 10.8 Å². The molecule has 2 N–H and O–H groups in total. The molecule has 14 heavy (non-hydrogen) atoms. The molecule has 0 bridgehead atoms. The number of hydrogen-bond donors (Lipinski definition) is 2. The van der Waals surface area contributed by atoms with Crippen molar-refractivity contribution in [3.8, 4) is 5.75 Å². The predicted molar refractivity (Wildman–Crippen MR) is 56.2 cm³/mol. The van der Waals surface area contributed by atoms with E-state index in [4.69, 9.17) is 0 Å². The van der Waals surface area contributed by atoms with E-state index in [1.54, 1.807) is 13.0 Å². The first-order valence-electron chi connectivity index (χ1n) is 4.59. The number of aromatic hydroxyl groups is 1. The van der Waals surface area contributed by atoms with Gasteiger partial charge in [0, 0.05) is 10.9 Å². The Morgan fingerprint density at radius 1 is 1.07 bits per heavy atom. The van der Waals surface area contributed by atoms with Crippen LogP contribution >= 0.6 is 0 Å². The molecule has 0 saturated heterocycles. The van der Waals surface area contributed by atoms with E-state index in [1.165, 1.54) is 0 Å². The van der Waals surface area contributed by atoms with E-state index >= 15 is 0 Å². The topological polar surface area (TPSA) is 40.5 Å². The Hall–Kier alpha value is -1.54. The van der Waals surface area contributed by atoms with Crippen LogP contribution in [0.5, 0.6) is 5.75 Å². The molecule has 0 amide bonds. The highest BCUT2D eigenvalue weighted by atomic mass is 16.3. The Morgan fingerprint density at radius 2 is 1.79 bits per heavy atom. The van der Waals surface area contributed by atoms with Crippen molar-refractivity contribution < 1.29 is 10.2 Å². The van der Waals surface area contributed by atoms with Crippen LogP contribution in [0.3, 0.4) is 0 Å². The van der Waals surface area contributed by atoms with Gasteiger partial charge in [-0.05, 0) is 12.3 Å². The Morgan fingerprint density at radius 3 is 2.50 bits per heavy atom. The van der Waals surface area contributed by atoms with Crippen LogP contribution in [0.4, 0.5) is 0 Å². The van der Waals surface area contributed by atoms with E-state index < -0.39 is 6.10 Å². The largest absolute Gasteiger partial charge is 0.507 e. The summed E-state index contributed by atoms with van der Waals surface area (Å²) in [5.74, 6) is 0.179. The van der Waals surface area contributed by atoms with Gasteiger partial charge in [-0.15, -0.1) is 0 Å². The molecule has 1 atom stereocenters. The molecule has 0 aliphatic rings. The van der Waals surface area contributed by atoms with Gasteiger partial charge in [0.15, 0.2) is 0 Å². The summed E-state index contributed by atoms with van der Waals surface area (Å²) < 4.78 is 0. The summed E-state index contributed by atoms with van der Waals surface area (Å²) in [4.78, 5) is 0. The number of benzene rings is 2. The molecular formula is C12H12O2. The standard InChI is InChI=1S/C12H12O2/c1-8(13)10-7-6-9-4-2-3-5-11(9)12(10)14/h2-8,13-14H,1H3/t8-/m1/s1. The van der Waals surface area contributed by atoms with Gasteiger partial charge in [0.25, 0.3) is 0 Å². The minimum absolute atomic E-state index is 0.179. The molecule has 0 saturated carbocycles. The predicted octanol–water partition coefficient (Wildman–Crippen LogP) is 2.60. The van der Waals surface area contributed by atoms with Crippen LogP contribution in [0.15, 0.2) is 36.4 Å². The zero-order chi connectivity index (χ0) is 10.1. The lowest BCUT2D eigenvalue weighted by atomic mass is 10.0. The minimum Gasteiger partial charge on any atom is -0.507 e. The highest BCUT2D eigenvalue weighted by Gasteiger charge is 2.09. The zero-order valence-electron chi connectivity index (χ0n) is 7.94. The van der Waals surface area contributed by atoms with Gasteiger partial charge in [-0.3, -0.25) is 0 Å². The van der Waals surface area contributed by atoms with Crippen LogP contribution in [-0.4, -0.2) is 10.2 Å². The molecule has 2 heteroatoms. The van der Waals surface area contributed by atoms with E-state index in [0.29, 0.717) is 5.56 Å². The molecule has 2 aromatic carbocycles. The van der Waals surface area contributed by atoms with Gasteiger partial charge < -0.3 is 10.2 Å². The van der Waals surface area contributed by atoms with Crippen LogP contribution in [0.1, 0.15) is 18.6 Å². The molecule has 0 aromatic heterocycles. The van der Waals surface area contributed by atoms with E-state index in [9.17, 15) is 10.2 Å². The van der Waals surface area contributed by atoms with Crippen molar-refractivity contribution in [3.63, 3.8) is 0 Å². The fraction of sp³-hybridized carbons (Fsp3) is 0.167. The Kier molecular flexibility index (Phi) is 2.14. The SMILES string of the molecule is C[C@@H](O)c1ccc2ccccc2c1O. The summed E-state index contributed by atoms with van der Waals surface area (Å²) in [6.07, 6.45) is -0.639. The van der Waals surface area contributed by atoms with Crippen LogP contribution < -0.4 is 0 Å². The number of aliphatic hydroxyl groups is 1. The monoisotopic (exact) mass is 188 g/mol. The third kappa shape index (κ3) is 1.34. The van der Waals surface area contributed by atoms with Gasteiger partial charge in [-0.25, -0.2) is 0 Å². The molecule has 0 aliphatic carbocycles. The highest BCUT2D eigenvalue weighted by Crippen LogP contribution is 2.31. The first-order chi connectivity index (χ1) is 6.70. The quantitative estimate of drug-likeness (QED) is 0.722. The van der Waals surface area contributed by atoms with Gasteiger partial charge in [-0.1, -0.05) is 36.4 Å². The molecule has 0 unspecified atom stereocenters. The number of aliphatic hydroxyl groups excluding tert-OH is 1. The third-order valence-corrected chi connectivity index (χ3v) is 2.38. The van der Waals surface area contributed by atoms with Gasteiger partial charge in [0.05, 0.1) is 6.10 Å². The van der Waals surface area contributed by atoms with Crippen LogP contribution in [-0.2, 0) is 0 Å². The molecule has 0 spiro atoms. The van der Waals surface area contributed by atoms with Crippen molar-refractivity contribution >= 4 is 10.8 Å². The molecule has 0 aliphatic heterocycles. The van der Waals surface area contributed by atoms with Crippen molar-refractivity contribution in [2.45, 2.75) is 13.0 Å². The van der Waals surface area contributed by atoms with Crippen molar-refractivity contribution in [1.29, 1.82) is 0 Å². The maximum Gasteiger partial charge on any atom is 0.129 e. The van der Waals surface area contributed by atoms with E-state index in [2.05, 4.69) is 0 Å². The van der Waals surface area contributed by atoms with Gasteiger partial charge in [0.2, 0.25) is 0 Å². The first-order valence-corrected chi connectivity index (χ1v) is 4.59. The number of fused-ring (bicyclic) bond motifs is 1. The minimum atomic E-state index is -0.639. The van der Waals surface area contributed by atoms with Crippen molar-refractivity contribution in [2.24, 2.45) is 0 Å². The molecule has 2 nitrogen and oxygen atoms in total. The number of hydrogen-bond acceptors (Lipinski definition) is 2. The van der Waals surface area contributed by atoms with Crippen molar-refractivity contribution in [1.82, 2.24) is 0 Å². The fourth-order valence-corrected chi connectivity index (χ4v) is 1.61. The molecule has 2 rings (SSSR count). The second-order valence-electron chi connectivity index (χ2n) is 3.40. The summed E-state index contributed by atoms with van der Waals surface area (Å²) in [6, 6.07) is 11.2. The summed E-state index contributed by atoms with van der Waals surface area (Å²) in [5.41, 5.74) is 0.573. The second kappa shape index (κ2) is 3.31. The maximum absolute atomic E-state index is 9.86. The van der Waals surface area contributed by atoms with Gasteiger partial charge >= 0.3 is 0 Å². The lowest BCUT2D eigenvalue weighted by Crippen LogP contribution is -1.91. The lowest BCUT2D eigenvalue weighted by molar-refractivity contribution is 0.195. The molecule has 0 fully saturated rings. The van der Waals surface area contributed by atoms with Gasteiger partial charge in [0.1, 0.15) is 5.75 Å². The summed E-state index contributed by atoms with van der Waals surface area (Å²) in [6.45, 7) is 1.64. The molecule has 2 aromatic rings. The molecule has 0 heterocycles. The first kappa shape index (κ1) is 9.03. The molecular weight excluding hydrogens is 176 g/mol. The number of phenolic OH excluding ortho intramolecular Hbond substituents is 1. The average Bonchev–Trinajstić information content (AvgIpc) is 2.18. The lowest BCUT2D eigenvalue weighted by Gasteiger charge is -2.09. The Bertz CT molecular complexity index is 461. The Labute approximate surface area is 82.4 Å². The van der Waals surface area contributed by atoms with Crippen LogP contribution in [0.2, 0.25) is 0 Å². The summed E-state index contributed by atoms with van der Waals surface area (Å²) in [5, 5.41) is 21.0. The van der Waals surface area contributed by atoms with Crippen LogP contribution in [0, 0.1) is 0 Å². The van der Waals surface area contributed by atoms with E-state index in [0.717, 1.165) is 10.8 Å². The van der Waals surface area contributed by atoms with E-state index in [1.807, 2.05) is 30.3 Å². The normalized spacial score (nSPS) is 13.0. The van der Waals surface area contributed by atoms with Gasteiger partial charge in [-0.2, -0.15) is 0 Å². The van der Waals surface area contributed by atoms with Crippen molar-refractivity contribution in [3.05, 3.63) is 42.0 Å². The number of rotatable bonds is 1. The highest BCUT2D eigenvalue weighted by molar-refractivity contribution is 5.89. The summed E-state index contributed by atoms with van der Waals surface area (Å²) in [7, 11) is 0. The molecule has 0 radical (unpaired) electrons. The smallest absolute Gasteiger partial charge is 0.129 e. The third-order valence-electron chi connectivity index (χ3n) is 2.38. The Balaban J connectivity index is 2.75. The average molecular weight is 188 g/mol. The van der Waals surface area contributed by atoms with E-state index in [-0.39, 0.29) is 5.75 Å². The zero-order valence-corrected chi connectivity index (χ0v) is 7.94. The second-order valence-corrected chi connectivity index (χ2v) is 3.40. The maximum atomic E-state index is 9.86. The molecule has 72 valence electrons. The fourth-order valence-electron chi connectivity index (χ4n) is 1.61. The summed E-state index contributed by atoms with van der Waals surface area (Å²) >= 11 is 0.